The van der Waals surface area contributed by atoms with Crippen LogP contribution in [-0.2, 0) is 4.79 Å². The monoisotopic (exact) mass is 268 g/mol. The van der Waals surface area contributed by atoms with Gasteiger partial charge in [-0.1, -0.05) is 39.5 Å². The van der Waals surface area contributed by atoms with Crippen molar-refractivity contribution < 1.29 is 4.79 Å². The molecular formula is C16H32N2O. The molecule has 1 fully saturated rings. The molecule has 0 spiro atoms. The molecular weight excluding hydrogens is 236 g/mol. The zero-order valence-electron chi connectivity index (χ0n) is 12.9. The number of hydrogen-bond acceptors (Lipinski definition) is 2. The molecule has 0 aromatic heterocycles. The molecule has 0 saturated carbocycles. The highest BCUT2D eigenvalue weighted by atomic mass is 16.2. The lowest BCUT2D eigenvalue weighted by Gasteiger charge is -2.41. The van der Waals surface area contributed by atoms with E-state index < -0.39 is 0 Å². The van der Waals surface area contributed by atoms with Crippen LogP contribution < -0.4 is 5.73 Å². The molecule has 0 aromatic rings. The summed E-state index contributed by atoms with van der Waals surface area (Å²) in [4.78, 5) is 14.2. The Balaban J connectivity index is 2.21. The first-order valence-corrected chi connectivity index (χ1v) is 8.15. The summed E-state index contributed by atoms with van der Waals surface area (Å²) in [5.74, 6) is 0.369. The van der Waals surface area contributed by atoms with Crippen LogP contribution in [0.2, 0.25) is 0 Å². The SMILES string of the molecule is CCC1(CC)CCN(C(=O)CCCCCCN)CC1. The molecule has 1 heterocycles. The number of likely N-dealkylation sites (tertiary alicyclic amines) is 1. The molecule has 1 saturated heterocycles. The zero-order chi connectivity index (χ0) is 14.1. The number of unbranched alkanes of at least 4 members (excludes halogenated alkanes) is 3. The first-order chi connectivity index (χ1) is 9.17. The van der Waals surface area contributed by atoms with Crippen molar-refractivity contribution in [2.75, 3.05) is 19.6 Å². The minimum absolute atomic E-state index is 0.369. The molecule has 19 heavy (non-hydrogen) atoms. The molecule has 1 aliphatic heterocycles. The van der Waals surface area contributed by atoms with Gasteiger partial charge >= 0.3 is 0 Å². The number of carbonyl (C=O) groups is 1. The lowest BCUT2D eigenvalue weighted by Crippen LogP contribution is -2.42. The quantitative estimate of drug-likeness (QED) is 0.686. The van der Waals surface area contributed by atoms with Crippen LogP contribution in [0.1, 0.15) is 71.6 Å². The highest BCUT2D eigenvalue weighted by Crippen LogP contribution is 2.37. The Kier molecular flexibility index (Phi) is 7.44. The van der Waals surface area contributed by atoms with Crippen molar-refractivity contribution in [2.24, 2.45) is 11.1 Å². The third kappa shape index (κ3) is 5.13. The van der Waals surface area contributed by atoms with E-state index in [1.54, 1.807) is 0 Å². The smallest absolute Gasteiger partial charge is 0.222 e. The molecule has 0 unspecified atom stereocenters. The zero-order valence-corrected chi connectivity index (χ0v) is 12.9. The van der Waals surface area contributed by atoms with Crippen molar-refractivity contribution in [3.05, 3.63) is 0 Å². The van der Waals surface area contributed by atoms with Crippen LogP contribution in [0.25, 0.3) is 0 Å². The van der Waals surface area contributed by atoms with Gasteiger partial charge in [0.2, 0.25) is 5.91 Å². The van der Waals surface area contributed by atoms with E-state index in [0.717, 1.165) is 45.3 Å². The third-order valence-corrected chi connectivity index (χ3v) is 5.02. The molecule has 1 amide bonds. The number of hydrogen-bond donors (Lipinski definition) is 1. The maximum Gasteiger partial charge on any atom is 0.222 e. The average molecular weight is 268 g/mol. The predicted molar refractivity (Wildman–Crippen MR) is 81.0 cm³/mol. The fraction of sp³-hybridized carbons (Fsp3) is 0.938. The fourth-order valence-corrected chi connectivity index (χ4v) is 3.12. The highest BCUT2D eigenvalue weighted by Gasteiger charge is 2.32. The fourth-order valence-electron chi connectivity index (χ4n) is 3.12. The normalized spacial score (nSPS) is 18.6. The van der Waals surface area contributed by atoms with Gasteiger partial charge in [-0.15, -0.1) is 0 Å². The van der Waals surface area contributed by atoms with Crippen molar-refractivity contribution in [3.8, 4) is 0 Å². The van der Waals surface area contributed by atoms with E-state index >= 15 is 0 Å². The van der Waals surface area contributed by atoms with Crippen molar-refractivity contribution in [3.63, 3.8) is 0 Å². The Bertz CT molecular complexity index is 251. The number of carbonyl (C=O) groups excluding carboxylic acids is 1. The van der Waals surface area contributed by atoms with Crippen molar-refractivity contribution in [2.45, 2.75) is 71.6 Å². The molecule has 3 nitrogen and oxygen atoms in total. The molecule has 0 radical (unpaired) electrons. The Labute approximate surface area is 118 Å². The summed E-state index contributed by atoms with van der Waals surface area (Å²) in [6.45, 7) is 7.31. The first kappa shape index (κ1) is 16.5. The molecule has 112 valence electrons. The van der Waals surface area contributed by atoms with Crippen molar-refractivity contribution >= 4 is 5.91 Å². The standard InChI is InChI=1S/C16H32N2O/c1-3-16(4-2)10-13-18(14-11-16)15(19)9-7-5-6-8-12-17/h3-14,17H2,1-2H3. The van der Waals surface area contributed by atoms with E-state index in [-0.39, 0.29) is 0 Å². The van der Waals surface area contributed by atoms with Crippen LogP contribution in [0.5, 0.6) is 0 Å². The molecule has 0 aromatic carbocycles. The van der Waals surface area contributed by atoms with Gasteiger partial charge in [0, 0.05) is 19.5 Å². The molecule has 3 heteroatoms. The van der Waals surface area contributed by atoms with Crippen LogP contribution in [0.15, 0.2) is 0 Å². The first-order valence-electron chi connectivity index (χ1n) is 8.15. The van der Waals surface area contributed by atoms with Crippen molar-refractivity contribution in [1.82, 2.24) is 4.90 Å². The van der Waals surface area contributed by atoms with E-state index in [1.165, 1.54) is 32.1 Å². The van der Waals surface area contributed by atoms with Gasteiger partial charge in [0.15, 0.2) is 0 Å². The van der Waals surface area contributed by atoms with Crippen LogP contribution in [-0.4, -0.2) is 30.4 Å². The van der Waals surface area contributed by atoms with E-state index in [2.05, 4.69) is 18.7 Å². The number of nitrogens with zero attached hydrogens (tertiary/aromatic N) is 1. The molecule has 0 aliphatic carbocycles. The second-order valence-corrected chi connectivity index (χ2v) is 6.04. The minimum atomic E-state index is 0.369. The number of nitrogens with two attached hydrogens (primary N) is 1. The Morgan fingerprint density at radius 2 is 1.63 bits per heavy atom. The van der Waals surface area contributed by atoms with Gasteiger partial charge < -0.3 is 10.6 Å². The lowest BCUT2D eigenvalue weighted by atomic mass is 9.74. The molecule has 1 rings (SSSR count). The van der Waals surface area contributed by atoms with E-state index in [4.69, 9.17) is 5.73 Å². The van der Waals surface area contributed by atoms with Gasteiger partial charge in [-0.2, -0.15) is 0 Å². The maximum absolute atomic E-state index is 12.1. The largest absolute Gasteiger partial charge is 0.343 e. The van der Waals surface area contributed by atoms with Crippen LogP contribution >= 0.6 is 0 Å². The summed E-state index contributed by atoms with van der Waals surface area (Å²) in [6, 6.07) is 0. The third-order valence-electron chi connectivity index (χ3n) is 5.02. The second kappa shape index (κ2) is 8.57. The number of amides is 1. The minimum Gasteiger partial charge on any atom is -0.343 e. The second-order valence-electron chi connectivity index (χ2n) is 6.04. The van der Waals surface area contributed by atoms with Crippen LogP contribution in [0, 0.1) is 5.41 Å². The summed E-state index contributed by atoms with van der Waals surface area (Å²) in [7, 11) is 0. The highest BCUT2D eigenvalue weighted by molar-refractivity contribution is 5.76. The lowest BCUT2D eigenvalue weighted by molar-refractivity contribution is -0.133. The predicted octanol–water partition coefficient (Wildman–Crippen LogP) is 3.32. The Morgan fingerprint density at radius 3 is 2.16 bits per heavy atom. The van der Waals surface area contributed by atoms with Crippen LogP contribution in [0.4, 0.5) is 0 Å². The van der Waals surface area contributed by atoms with E-state index in [1.807, 2.05) is 0 Å². The van der Waals surface area contributed by atoms with Gasteiger partial charge in [-0.05, 0) is 37.6 Å². The van der Waals surface area contributed by atoms with Gasteiger partial charge in [-0.3, -0.25) is 4.79 Å². The molecule has 0 atom stereocenters. The maximum atomic E-state index is 12.1. The van der Waals surface area contributed by atoms with Gasteiger partial charge in [-0.25, -0.2) is 0 Å². The van der Waals surface area contributed by atoms with E-state index in [0.29, 0.717) is 11.3 Å². The Morgan fingerprint density at radius 1 is 1.05 bits per heavy atom. The summed E-state index contributed by atoms with van der Waals surface area (Å²) in [5.41, 5.74) is 5.98. The summed E-state index contributed by atoms with van der Waals surface area (Å²) < 4.78 is 0. The summed E-state index contributed by atoms with van der Waals surface area (Å²) in [5, 5.41) is 0. The number of rotatable bonds is 8. The topological polar surface area (TPSA) is 46.3 Å². The Hall–Kier alpha value is -0.570. The van der Waals surface area contributed by atoms with Gasteiger partial charge in [0.1, 0.15) is 0 Å². The van der Waals surface area contributed by atoms with Gasteiger partial charge in [0.25, 0.3) is 0 Å². The van der Waals surface area contributed by atoms with Crippen LogP contribution in [0.3, 0.4) is 0 Å². The average Bonchev–Trinajstić information content (AvgIpc) is 2.47. The van der Waals surface area contributed by atoms with E-state index in [9.17, 15) is 4.79 Å². The summed E-state index contributed by atoms with van der Waals surface area (Å²) in [6.07, 6.45) is 10.1. The molecule has 0 bridgehead atoms. The van der Waals surface area contributed by atoms with Crippen molar-refractivity contribution in [1.29, 1.82) is 0 Å². The molecule has 1 aliphatic rings. The molecule has 2 N–H and O–H groups in total. The number of piperidine rings is 1. The summed E-state index contributed by atoms with van der Waals surface area (Å²) >= 11 is 0. The van der Waals surface area contributed by atoms with Gasteiger partial charge in [0.05, 0.1) is 0 Å².